The highest BCUT2D eigenvalue weighted by Crippen LogP contribution is 2.47. The van der Waals surface area contributed by atoms with Gasteiger partial charge in [0.05, 0.1) is 6.04 Å². The van der Waals surface area contributed by atoms with Gasteiger partial charge in [0.2, 0.25) is 0 Å². The number of benzene rings is 1. The highest BCUT2D eigenvalue weighted by atomic mass is 19.4. The molecule has 0 radical (unpaired) electrons. The third kappa shape index (κ3) is 3.12. The second-order valence-electron chi connectivity index (χ2n) is 8.03. The molecule has 2 aromatic rings. The van der Waals surface area contributed by atoms with Crippen LogP contribution in [0.4, 0.5) is 19.0 Å². The number of fused-ring (bicyclic) bond motifs is 1. The molecule has 1 aromatic heterocycles. The van der Waals surface area contributed by atoms with Crippen molar-refractivity contribution < 1.29 is 22.7 Å². The number of hydrogen-bond acceptors (Lipinski definition) is 5. The Morgan fingerprint density at radius 2 is 1.80 bits per heavy atom. The molecular formula is C21H21F3N4O2. The van der Waals surface area contributed by atoms with Gasteiger partial charge < -0.3 is 14.5 Å². The van der Waals surface area contributed by atoms with Gasteiger partial charge in [0.1, 0.15) is 24.1 Å². The molecule has 3 fully saturated rings. The van der Waals surface area contributed by atoms with Crippen molar-refractivity contribution in [1.29, 1.82) is 0 Å². The van der Waals surface area contributed by atoms with Crippen LogP contribution in [0, 0.1) is 0 Å². The summed E-state index contributed by atoms with van der Waals surface area (Å²) in [5.74, 6) is 0.220. The maximum absolute atomic E-state index is 13.4. The van der Waals surface area contributed by atoms with Gasteiger partial charge in [0.15, 0.2) is 5.60 Å². The zero-order chi connectivity index (χ0) is 20.9. The van der Waals surface area contributed by atoms with Crippen LogP contribution < -0.4 is 4.90 Å². The molecular weight excluding hydrogens is 397 g/mol. The molecule has 0 saturated carbocycles. The number of carbonyl (C=O) groups is 1. The van der Waals surface area contributed by atoms with Crippen LogP contribution in [0.25, 0.3) is 0 Å². The Balaban J connectivity index is 1.32. The highest BCUT2D eigenvalue weighted by Gasteiger charge is 2.58. The highest BCUT2D eigenvalue weighted by molar-refractivity contribution is 5.88. The van der Waals surface area contributed by atoms with Crippen molar-refractivity contribution in [3.8, 4) is 0 Å². The van der Waals surface area contributed by atoms with Gasteiger partial charge in [-0.1, -0.05) is 30.3 Å². The van der Waals surface area contributed by atoms with Gasteiger partial charge in [-0.25, -0.2) is 9.97 Å². The molecule has 6 nitrogen and oxygen atoms in total. The molecule has 1 spiro atoms. The van der Waals surface area contributed by atoms with Gasteiger partial charge in [0.25, 0.3) is 5.91 Å². The summed E-state index contributed by atoms with van der Waals surface area (Å²) in [5, 5.41) is 0. The van der Waals surface area contributed by atoms with Crippen LogP contribution in [0.3, 0.4) is 0 Å². The summed E-state index contributed by atoms with van der Waals surface area (Å²) in [6.45, 7) is 0.799. The number of alkyl halides is 3. The van der Waals surface area contributed by atoms with Crippen LogP contribution in [0.1, 0.15) is 43.0 Å². The molecule has 0 aliphatic carbocycles. The summed E-state index contributed by atoms with van der Waals surface area (Å²) < 4.78 is 45.1. The number of hydrogen-bond donors (Lipinski definition) is 0. The lowest BCUT2D eigenvalue weighted by Crippen LogP contribution is -2.50. The van der Waals surface area contributed by atoms with E-state index < -0.39 is 17.5 Å². The molecule has 1 aromatic carbocycles. The van der Waals surface area contributed by atoms with Gasteiger partial charge >= 0.3 is 6.18 Å². The van der Waals surface area contributed by atoms with Crippen molar-refractivity contribution in [3.63, 3.8) is 0 Å². The zero-order valence-corrected chi connectivity index (χ0v) is 16.2. The minimum atomic E-state index is -4.52. The first kappa shape index (κ1) is 19.3. The van der Waals surface area contributed by atoms with Crippen LogP contribution in [0.15, 0.2) is 42.7 Å². The Morgan fingerprint density at radius 3 is 2.50 bits per heavy atom. The lowest BCUT2D eigenvalue weighted by molar-refractivity contribution is -0.141. The normalized spacial score (nSPS) is 25.8. The van der Waals surface area contributed by atoms with Crippen LogP contribution >= 0.6 is 0 Å². The first-order chi connectivity index (χ1) is 14.4. The van der Waals surface area contributed by atoms with Gasteiger partial charge in [-0.15, -0.1) is 0 Å². The zero-order valence-electron chi connectivity index (χ0n) is 16.2. The van der Waals surface area contributed by atoms with Crippen LogP contribution in [-0.2, 0) is 15.7 Å². The van der Waals surface area contributed by atoms with E-state index in [2.05, 4.69) is 9.97 Å². The molecule has 0 bridgehead atoms. The van der Waals surface area contributed by atoms with Crippen molar-refractivity contribution in [2.45, 2.75) is 49.7 Å². The number of amides is 1. The van der Waals surface area contributed by atoms with Crippen LogP contribution in [-0.4, -0.2) is 45.7 Å². The molecule has 3 aliphatic heterocycles. The second-order valence-corrected chi connectivity index (χ2v) is 8.03. The topological polar surface area (TPSA) is 58.6 Å². The standard InChI is InChI=1S/C21H21F3N4O2/c22-21(23,24)16-12-17(26-13-25-16)27-10-8-20(9-11-27)19(29)28-15(6-7-18(28)30-20)14-4-2-1-3-5-14/h1-5,12-13,15,18H,6-11H2. The smallest absolute Gasteiger partial charge is 0.356 e. The first-order valence-corrected chi connectivity index (χ1v) is 10.1. The molecule has 1 amide bonds. The lowest BCUT2D eigenvalue weighted by Gasteiger charge is -2.38. The van der Waals surface area contributed by atoms with E-state index in [4.69, 9.17) is 4.74 Å². The fourth-order valence-corrected chi connectivity index (χ4v) is 4.82. The van der Waals surface area contributed by atoms with E-state index >= 15 is 0 Å². The minimum Gasteiger partial charge on any atom is -0.356 e. The van der Waals surface area contributed by atoms with E-state index in [0.29, 0.717) is 25.9 Å². The predicted molar refractivity (Wildman–Crippen MR) is 101 cm³/mol. The fraction of sp³-hybridized carbons (Fsp3) is 0.476. The van der Waals surface area contributed by atoms with E-state index in [9.17, 15) is 18.0 Å². The van der Waals surface area contributed by atoms with Gasteiger partial charge in [-0.2, -0.15) is 13.2 Å². The minimum absolute atomic E-state index is 0.00262. The van der Waals surface area contributed by atoms with E-state index in [1.54, 1.807) is 4.90 Å². The summed E-state index contributed by atoms with van der Waals surface area (Å²) in [7, 11) is 0. The molecule has 9 heteroatoms. The quantitative estimate of drug-likeness (QED) is 0.747. The number of ether oxygens (including phenoxy) is 1. The number of halogens is 3. The SMILES string of the molecule is O=C1N2C(CCC2c2ccccc2)OC12CCN(c1cc(C(F)(F)F)ncn1)CC2. The summed E-state index contributed by atoms with van der Waals surface area (Å²) >= 11 is 0. The van der Waals surface area contributed by atoms with Crippen molar-refractivity contribution in [2.75, 3.05) is 18.0 Å². The predicted octanol–water partition coefficient (Wildman–Crippen LogP) is 3.55. The molecule has 3 aliphatic rings. The van der Waals surface area contributed by atoms with Crippen molar-refractivity contribution >= 4 is 11.7 Å². The van der Waals surface area contributed by atoms with Crippen LogP contribution in [0.2, 0.25) is 0 Å². The lowest BCUT2D eigenvalue weighted by atomic mass is 9.89. The number of rotatable bonds is 2. The number of aromatic nitrogens is 2. The van der Waals surface area contributed by atoms with E-state index in [0.717, 1.165) is 30.8 Å². The van der Waals surface area contributed by atoms with Gasteiger partial charge in [-0.05, 0) is 18.4 Å². The molecule has 2 unspecified atom stereocenters. The monoisotopic (exact) mass is 418 g/mol. The van der Waals surface area contributed by atoms with Crippen molar-refractivity contribution in [3.05, 3.63) is 54.0 Å². The second kappa shape index (κ2) is 6.94. The van der Waals surface area contributed by atoms with E-state index in [1.807, 2.05) is 35.2 Å². The van der Waals surface area contributed by atoms with Crippen molar-refractivity contribution in [1.82, 2.24) is 14.9 Å². The maximum Gasteiger partial charge on any atom is 0.433 e. The maximum atomic E-state index is 13.4. The summed E-state index contributed by atoms with van der Waals surface area (Å²) in [6.07, 6.45) is -1.32. The Bertz CT molecular complexity index is 945. The molecule has 4 heterocycles. The third-order valence-corrected chi connectivity index (χ3v) is 6.34. The van der Waals surface area contributed by atoms with Gasteiger partial charge in [0, 0.05) is 32.0 Å². The fourth-order valence-electron chi connectivity index (χ4n) is 4.82. The molecule has 3 saturated heterocycles. The Labute approximate surface area is 171 Å². The van der Waals surface area contributed by atoms with Gasteiger partial charge in [-0.3, -0.25) is 4.79 Å². The average Bonchev–Trinajstić information content (AvgIpc) is 3.27. The average molecular weight is 418 g/mol. The molecule has 5 rings (SSSR count). The molecule has 30 heavy (non-hydrogen) atoms. The Morgan fingerprint density at radius 1 is 1.07 bits per heavy atom. The van der Waals surface area contributed by atoms with Crippen LogP contribution in [0.5, 0.6) is 0 Å². The first-order valence-electron chi connectivity index (χ1n) is 10.1. The number of anilines is 1. The number of carbonyl (C=O) groups excluding carboxylic acids is 1. The summed E-state index contributed by atoms with van der Waals surface area (Å²) in [4.78, 5) is 24.3. The third-order valence-electron chi connectivity index (χ3n) is 6.34. The molecule has 158 valence electrons. The summed E-state index contributed by atoms with van der Waals surface area (Å²) in [5.41, 5.74) is -0.756. The number of nitrogens with zero attached hydrogens (tertiary/aromatic N) is 4. The summed E-state index contributed by atoms with van der Waals surface area (Å²) in [6, 6.07) is 10.9. The van der Waals surface area contributed by atoms with Crippen molar-refractivity contribution in [2.24, 2.45) is 0 Å². The largest absolute Gasteiger partial charge is 0.433 e. The molecule has 0 N–H and O–H groups in total. The molecule has 2 atom stereocenters. The Kier molecular flexibility index (Phi) is 4.46. The van der Waals surface area contributed by atoms with E-state index in [1.165, 1.54) is 0 Å². The van der Waals surface area contributed by atoms with E-state index in [-0.39, 0.29) is 24.0 Å². The number of piperidine rings is 1. The Hall–Kier alpha value is -2.68.